The van der Waals surface area contributed by atoms with Crippen LogP contribution in [-0.4, -0.2) is 16.1 Å². The fourth-order valence-electron chi connectivity index (χ4n) is 2.03. The van der Waals surface area contributed by atoms with E-state index >= 15 is 0 Å². The predicted molar refractivity (Wildman–Crippen MR) is 89.6 cm³/mol. The quantitative estimate of drug-likeness (QED) is 0.721. The molecule has 5 heteroatoms. The van der Waals surface area contributed by atoms with E-state index in [9.17, 15) is 9.90 Å². The van der Waals surface area contributed by atoms with Gasteiger partial charge in [-0.15, -0.1) is 11.3 Å². The summed E-state index contributed by atoms with van der Waals surface area (Å²) in [6, 6.07) is 11.0. The van der Waals surface area contributed by atoms with E-state index in [0.29, 0.717) is 16.6 Å². The van der Waals surface area contributed by atoms with Gasteiger partial charge in [-0.25, -0.2) is 9.78 Å². The van der Waals surface area contributed by atoms with E-state index in [1.807, 2.05) is 41.8 Å². The smallest absolute Gasteiger partial charge is 0.336 e. The number of rotatable bonds is 3. The first kappa shape index (κ1) is 14.0. The number of fused-ring (bicyclic) bond motifs is 1. The lowest BCUT2D eigenvalue weighted by atomic mass is 10.1. The van der Waals surface area contributed by atoms with Crippen LogP contribution in [0.3, 0.4) is 0 Å². The topological polar surface area (TPSA) is 50.2 Å². The van der Waals surface area contributed by atoms with Crippen LogP contribution in [0.1, 0.15) is 20.9 Å². The van der Waals surface area contributed by atoms with Crippen molar-refractivity contribution in [1.82, 2.24) is 4.98 Å². The fourth-order valence-corrected chi connectivity index (χ4v) is 3.01. The monoisotopic (exact) mass is 359 g/mol. The maximum absolute atomic E-state index is 11.4. The highest BCUT2D eigenvalue weighted by molar-refractivity contribution is 9.10. The third-order valence-electron chi connectivity index (χ3n) is 2.98. The van der Waals surface area contributed by atoms with Crippen LogP contribution < -0.4 is 0 Å². The maximum atomic E-state index is 11.4. The number of thiophene rings is 1. The summed E-state index contributed by atoms with van der Waals surface area (Å²) in [6.07, 6.45) is 3.77. The summed E-state index contributed by atoms with van der Waals surface area (Å²) in [7, 11) is 0. The van der Waals surface area contributed by atoms with Crippen LogP contribution in [0.5, 0.6) is 0 Å². The van der Waals surface area contributed by atoms with Gasteiger partial charge >= 0.3 is 5.97 Å². The maximum Gasteiger partial charge on any atom is 0.336 e. The second kappa shape index (κ2) is 5.79. The van der Waals surface area contributed by atoms with Crippen LogP contribution in [0.25, 0.3) is 23.1 Å². The van der Waals surface area contributed by atoms with Crippen molar-refractivity contribution in [2.45, 2.75) is 0 Å². The number of nitrogens with zero attached hydrogens (tertiary/aromatic N) is 1. The zero-order valence-corrected chi connectivity index (χ0v) is 13.2. The predicted octanol–water partition coefficient (Wildman–Crippen LogP) is 4.93. The van der Waals surface area contributed by atoms with Crippen molar-refractivity contribution in [3.8, 4) is 0 Å². The molecule has 0 saturated heterocycles. The number of carboxylic acids is 1. The van der Waals surface area contributed by atoms with Crippen molar-refractivity contribution in [3.63, 3.8) is 0 Å². The number of halogens is 1. The summed E-state index contributed by atoms with van der Waals surface area (Å²) in [5.74, 6) is -0.953. The number of carboxylic acid groups (broad SMARTS) is 1. The molecule has 0 amide bonds. The van der Waals surface area contributed by atoms with Crippen LogP contribution in [0.2, 0.25) is 0 Å². The first-order valence-electron chi connectivity index (χ1n) is 6.19. The molecular weight excluding hydrogens is 350 g/mol. The molecule has 3 rings (SSSR count). The lowest BCUT2D eigenvalue weighted by molar-refractivity contribution is 0.0699. The second-order valence-electron chi connectivity index (χ2n) is 4.41. The van der Waals surface area contributed by atoms with Crippen molar-refractivity contribution in [2.75, 3.05) is 0 Å². The van der Waals surface area contributed by atoms with Gasteiger partial charge in [0, 0.05) is 14.7 Å². The number of carbonyl (C=O) groups is 1. The molecule has 1 N–H and O–H groups in total. The summed E-state index contributed by atoms with van der Waals surface area (Å²) in [6.45, 7) is 0. The Labute approximate surface area is 133 Å². The van der Waals surface area contributed by atoms with E-state index in [1.165, 1.54) is 0 Å². The molecule has 3 nitrogen and oxygen atoms in total. The van der Waals surface area contributed by atoms with E-state index in [2.05, 4.69) is 20.9 Å². The molecule has 2 aromatic heterocycles. The molecule has 0 radical (unpaired) electrons. The molecular formula is C16H10BrNO2S. The van der Waals surface area contributed by atoms with E-state index < -0.39 is 5.97 Å². The van der Waals surface area contributed by atoms with E-state index in [-0.39, 0.29) is 5.56 Å². The highest BCUT2D eigenvalue weighted by Gasteiger charge is 2.11. The third kappa shape index (κ3) is 3.04. The molecule has 1 aromatic carbocycles. The van der Waals surface area contributed by atoms with Gasteiger partial charge in [-0.3, -0.25) is 0 Å². The standard InChI is InChI=1S/C16H10BrNO2S/c17-10-3-6-15-13(8-10)14(16(19)20)9-11(18-15)4-5-12-2-1-7-21-12/h1-9H,(H,19,20)/b5-4+. The first-order chi connectivity index (χ1) is 10.1. The number of hydrogen-bond acceptors (Lipinski definition) is 3. The molecule has 0 aliphatic carbocycles. The number of aromatic nitrogens is 1. The van der Waals surface area contributed by atoms with Crippen molar-refractivity contribution in [2.24, 2.45) is 0 Å². The van der Waals surface area contributed by atoms with Crippen molar-refractivity contribution >= 4 is 56.3 Å². The molecule has 0 fully saturated rings. The SMILES string of the molecule is O=C(O)c1cc(/C=C/c2cccs2)nc2ccc(Br)cc12. The van der Waals surface area contributed by atoms with Gasteiger partial charge in [-0.1, -0.05) is 22.0 Å². The summed E-state index contributed by atoms with van der Waals surface area (Å²) < 4.78 is 0.834. The summed E-state index contributed by atoms with van der Waals surface area (Å²) >= 11 is 4.98. The zero-order valence-electron chi connectivity index (χ0n) is 10.8. The Morgan fingerprint density at radius 3 is 2.81 bits per heavy atom. The molecule has 21 heavy (non-hydrogen) atoms. The Bertz CT molecular complexity index is 841. The van der Waals surface area contributed by atoms with Gasteiger partial charge in [0.2, 0.25) is 0 Å². The van der Waals surface area contributed by atoms with E-state index in [1.54, 1.807) is 23.5 Å². The highest BCUT2D eigenvalue weighted by Crippen LogP contribution is 2.24. The minimum absolute atomic E-state index is 0.257. The molecule has 0 saturated carbocycles. The van der Waals surface area contributed by atoms with Crippen LogP contribution in [0, 0.1) is 0 Å². The number of benzene rings is 1. The average molecular weight is 360 g/mol. The molecule has 2 heterocycles. The molecule has 0 spiro atoms. The number of hydrogen-bond donors (Lipinski definition) is 1. The molecule has 0 aliphatic heterocycles. The Morgan fingerprint density at radius 2 is 2.10 bits per heavy atom. The Kier molecular flexibility index (Phi) is 3.86. The van der Waals surface area contributed by atoms with Crippen molar-refractivity contribution in [1.29, 1.82) is 0 Å². The van der Waals surface area contributed by atoms with Gasteiger partial charge in [0.05, 0.1) is 16.8 Å². The Balaban J connectivity index is 2.12. The molecule has 0 bridgehead atoms. The van der Waals surface area contributed by atoms with Gasteiger partial charge in [-0.2, -0.15) is 0 Å². The summed E-state index contributed by atoms with van der Waals surface area (Å²) in [5.41, 5.74) is 1.56. The first-order valence-corrected chi connectivity index (χ1v) is 7.86. The van der Waals surface area contributed by atoms with Crippen LogP contribution in [0.4, 0.5) is 0 Å². The van der Waals surface area contributed by atoms with E-state index in [4.69, 9.17) is 0 Å². The number of aromatic carboxylic acids is 1. The Morgan fingerprint density at radius 1 is 1.24 bits per heavy atom. The van der Waals surface area contributed by atoms with Gasteiger partial charge < -0.3 is 5.11 Å². The van der Waals surface area contributed by atoms with Crippen LogP contribution in [0.15, 0.2) is 46.3 Å². The van der Waals surface area contributed by atoms with Crippen molar-refractivity contribution in [3.05, 3.63) is 62.4 Å². The second-order valence-corrected chi connectivity index (χ2v) is 6.31. The van der Waals surface area contributed by atoms with Gasteiger partial charge in [-0.05, 0) is 47.9 Å². The number of pyridine rings is 1. The Hall–Kier alpha value is -1.98. The van der Waals surface area contributed by atoms with Crippen LogP contribution >= 0.6 is 27.3 Å². The minimum atomic E-state index is -0.953. The molecule has 0 atom stereocenters. The normalized spacial score (nSPS) is 11.3. The summed E-state index contributed by atoms with van der Waals surface area (Å²) in [4.78, 5) is 17.0. The lowest BCUT2D eigenvalue weighted by Gasteiger charge is -2.05. The molecule has 0 aliphatic rings. The zero-order chi connectivity index (χ0) is 14.8. The van der Waals surface area contributed by atoms with Gasteiger partial charge in [0.1, 0.15) is 0 Å². The highest BCUT2D eigenvalue weighted by atomic mass is 79.9. The largest absolute Gasteiger partial charge is 0.478 e. The van der Waals surface area contributed by atoms with Gasteiger partial charge in [0.25, 0.3) is 0 Å². The summed E-state index contributed by atoms with van der Waals surface area (Å²) in [5, 5.41) is 12.0. The lowest BCUT2D eigenvalue weighted by Crippen LogP contribution is -2.00. The van der Waals surface area contributed by atoms with E-state index in [0.717, 1.165) is 9.35 Å². The molecule has 3 aromatic rings. The fraction of sp³-hybridized carbons (Fsp3) is 0. The molecule has 0 unspecified atom stereocenters. The minimum Gasteiger partial charge on any atom is -0.478 e. The average Bonchev–Trinajstić information content (AvgIpc) is 2.97. The van der Waals surface area contributed by atoms with Crippen LogP contribution in [-0.2, 0) is 0 Å². The molecule has 104 valence electrons. The third-order valence-corrected chi connectivity index (χ3v) is 4.31. The van der Waals surface area contributed by atoms with Crippen molar-refractivity contribution < 1.29 is 9.90 Å². The van der Waals surface area contributed by atoms with Gasteiger partial charge in [0.15, 0.2) is 0 Å².